The minimum absolute atomic E-state index is 0.329. The molecule has 3 nitrogen and oxygen atoms in total. The molecule has 1 fully saturated rings. The van der Waals surface area contributed by atoms with Gasteiger partial charge in [0.2, 0.25) is 0 Å². The Morgan fingerprint density at radius 3 is 2.92 bits per heavy atom. The van der Waals surface area contributed by atoms with Gasteiger partial charge in [0.1, 0.15) is 6.33 Å². The first-order valence-corrected chi connectivity index (χ1v) is 4.01. The van der Waals surface area contributed by atoms with Crippen LogP contribution in [-0.4, -0.2) is 16.0 Å². The standard InChI is InChI=1S/C8H10FN3/c1-5-7(9)8(11-4-10-5)12-6-2-3-6/h4,6H,2-3H2,1H3,(H,10,11,12). The SMILES string of the molecule is Cc1ncnc(NC2CC2)c1F. The molecule has 0 aromatic carbocycles. The van der Waals surface area contributed by atoms with E-state index in [1.165, 1.54) is 6.33 Å². The van der Waals surface area contributed by atoms with E-state index in [-0.39, 0.29) is 5.82 Å². The Morgan fingerprint density at radius 2 is 2.25 bits per heavy atom. The first-order chi connectivity index (χ1) is 5.77. The average molecular weight is 167 g/mol. The lowest BCUT2D eigenvalue weighted by Gasteiger charge is -2.04. The van der Waals surface area contributed by atoms with Gasteiger partial charge in [-0.15, -0.1) is 0 Å². The predicted molar refractivity (Wildman–Crippen MR) is 43.4 cm³/mol. The van der Waals surface area contributed by atoms with Crippen molar-refractivity contribution in [1.82, 2.24) is 9.97 Å². The van der Waals surface area contributed by atoms with E-state index in [2.05, 4.69) is 15.3 Å². The average Bonchev–Trinajstić information content (AvgIpc) is 2.83. The van der Waals surface area contributed by atoms with Gasteiger partial charge in [-0.3, -0.25) is 0 Å². The molecule has 12 heavy (non-hydrogen) atoms. The highest BCUT2D eigenvalue weighted by molar-refractivity contribution is 5.39. The van der Waals surface area contributed by atoms with Gasteiger partial charge in [0.15, 0.2) is 11.6 Å². The smallest absolute Gasteiger partial charge is 0.186 e. The van der Waals surface area contributed by atoms with Gasteiger partial charge < -0.3 is 5.32 Å². The fourth-order valence-electron chi connectivity index (χ4n) is 0.980. The van der Waals surface area contributed by atoms with Gasteiger partial charge in [0, 0.05) is 6.04 Å². The quantitative estimate of drug-likeness (QED) is 0.725. The molecule has 1 aliphatic rings. The van der Waals surface area contributed by atoms with Crippen molar-refractivity contribution in [3.8, 4) is 0 Å². The molecule has 2 rings (SSSR count). The number of hydrogen-bond donors (Lipinski definition) is 1. The zero-order valence-corrected chi connectivity index (χ0v) is 6.84. The van der Waals surface area contributed by atoms with E-state index in [0.29, 0.717) is 17.6 Å². The molecule has 1 saturated carbocycles. The monoisotopic (exact) mass is 167 g/mol. The van der Waals surface area contributed by atoms with Crippen LogP contribution >= 0.6 is 0 Å². The van der Waals surface area contributed by atoms with Crippen LogP contribution in [0.1, 0.15) is 18.5 Å². The molecular formula is C8H10FN3. The van der Waals surface area contributed by atoms with Crippen LogP contribution in [0, 0.1) is 12.7 Å². The van der Waals surface area contributed by atoms with Crippen LogP contribution < -0.4 is 5.32 Å². The summed E-state index contributed by atoms with van der Waals surface area (Å²) in [6.45, 7) is 1.63. The molecule has 0 atom stereocenters. The summed E-state index contributed by atoms with van der Waals surface area (Å²) in [4.78, 5) is 7.56. The maximum atomic E-state index is 13.2. The summed E-state index contributed by atoms with van der Waals surface area (Å²) >= 11 is 0. The van der Waals surface area contributed by atoms with Crippen molar-refractivity contribution in [2.45, 2.75) is 25.8 Å². The number of hydrogen-bond acceptors (Lipinski definition) is 3. The third-order valence-corrected chi connectivity index (χ3v) is 1.88. The molecule has 1 aliphatic carbocycles. The van der Waals surface area contributed by atoms with E-state index in [4.69, 9.17) is 0 Å². The zero-order chi connectivity index (χ0) is 8.55. The molecule has 64 valence electrons. The summed E-state index contributed by atoms with van der Waals surface area (Å²) in [6, 6.07) is 0.425. The second-order valence-electron chi connectivity index (χ2n) is 3.04. The van der Waals surface area contributed by atoms with E-state index < -0.39 is 0 Å². The van der Waals surface area contributed by atoms with E-state index in [9.17, 15) is 4.39 Å². The van der Waals surface area contributed by atoms with Crippen molar-refractivity contribution in [2.75, 3.05) is 5.32 Å². The molecule has 0 radical (unpaired) electrons. The highest BCUT2D eigenvalue weighted by Gasteiger charge is 2.23. The van der Waals surface area contributed by atoms with Gasteiger partial charge in [0.25, 0.3) is 0 Å². The Kier molecular flexibility index (Phi) is 1.67. The minimum atomic E-state index is -0.329. The van der Waals surface area contributed by atoms with E-state index in [0.717, 1.165) is 12.8 Å². The summed E-state index contributed by atoms with van der Waals surface area (Å²) in [7, 11) is 0. The maximum absolute atomic E-state index is 13.2. The number of rotatable bonds is 2. The van der Waals surface area contributed by atoms with Gasteiger partial charge in [-0.1, -0.05) is 0 Å². The zero-order valence-electron chi connectivity index (χ0n) is 6.84. The van der Waals surface area contributed by atoms with Crippen molar-refractivity contribution < 1.29 is 4.39 Å². The van der Waals surface area contributed by atoms with Crippen molar-refractivity contribution in [3.05, 3.63) is 17.8 Å². The molecule has 1 aromatic heterocycles. The maximum Gasteiger partial charge on any atom is 0.186 e. The van der Waals surface area contributed by atoms with Crippen molar-refractivity contribution in [1.29, 1.82) is 0 Å². The van der Waals surface area contributed by atoms with Crippen LogP contribution in [0.2, 0.25) is 0 Å². The van der Waals surface area contributed by atoms with Crippen LogP contribution in [0.4, 0.5) is 10.2 Å². The van der Waals surface area contributed by atoms with Crippen molar-refractivity contribution >= 4 is 5.82 Å². The fraction of sp³-hybridized carbons (Fsp3) is 0.500. The molecule has 1 heterocycles. The first kappa shape index (κ1) is 7.46. The lowest BCUT2D eigenvalue weighted by molar-refractivity contribution is 0.604. The number of nitrogens with zero attached hydrogens (tertiary/aromatic N) is 2. The Bertz CT molecular complexity index is 296. The summed E-state index contributed by atoms with van der Waals surface area (Å²) < 4.78 is 13.2. The van der Waals surface area contributed by atoms with Gasteiger partial charge in [-0.25, -0.2) is 14.4 Å². The Labute approximate surface area is 70.0 Å². The number of aryl methyl sites for hydroxylation is 1. The van der Waals surface area contributed by atoms with E-state index in [1.54, 1.807) is 6.92 Å². The molecular weight excluding hydrogens is 157 g/mol. The normalized spacial score (nSPS) is 16.2. The molecule has 1 aromatic rings. The molecule has 0 spiro atoms. The van der Waals surface area contributed by atoms with Gasteiger partial charge >= 0.3 is 0 Å². The van der Waals surface area contributed by atoms with Crippen molar-refractivity contribution in [2.24, 2.45) is 0 Å². The highest BCUT2D eigenvalue weighted by atomic mass is 19.1. The van der Waals surface area contributed by atoms with Crippen LogP contribution in [0.15, 0.2) is 6.33 Å². The second-order valence-corrected chi connectivity index (χ2v) is 3.04. The van der Waals surface area contributed by atoms with Crippen molar-refractivity contribution in [3.63, 3.8) is 0 Å². The molecule has 4 heteroatoms. The highest BCUT2D eigenvalue weighted by Crippen LogP contribution is 2.24. The summed E-state index contributed by atoms with van der Waals surface area (Å²) in [5, 5.41) is 3.00. The molecule has 0 amide bonds. The third-order valence-electron chi connectivity index (χ3n) is 1.88. The summed E-state index contributed by atoms with van der Waals surface area (Å²) in [6.07, 6.45) is 3.61. The first-order valence-electron chi connectivity index (χ1n) is 4.01. The number of halogens is 1. The molecule has 0 unspecified atom stereocenters. The van der Waals surface area contributed by atoms with E-state index >= 15 is 0 Å². The lowest BCUT2D eigenvalue weighted by atomic mass is 10.4. The lowest BCUT2D eigenvalue weighted by Crippen LogP contribution is -2.07. The molecule has 0 bridgehead atoms. The largest absolute Gasteiger partial charge is 0.365 e. The number of nitrogens with one attached hydrogen (secondary N) is 1. The Balaban J connectivity index is 2.23. The third kappa shape index (κ3) is 1.37. The number of aromatic nitrogens is 2. The second kappa shape index (κ2) is 2.69. The van der Waals surface area contributed by atoms with Gasteiger partial charge in [0.05, 0.1) is 5.69 Å². The van der Waals surface area contributed by atoms with Gasteiger partial charge in [-0.2, -0.15) is 0 Å². The molecule has 0 aliphatic heterocycles. The fourth-order valence-corrected chi connectivity index (χ4v) is 0.980. The van der Waals surface area contributed by atoms with Gasteiger partial charge in [-0.05, 0) is 19.8 Å². The summed E-state index contributed by atoms with van der Waals surface area (Å²) in [5.74, 6) is 0.00870. The predicted octanol–water partition coefficient (Wildman–Crippen LogP) is 1.50. The Morgan fingerprint density at radius 1 is 1.50 bits per heavy atom. The minimum Gasteiger partial charge on any atom is -0.365 e. The van der Waals surface area contributed by atoms with Crippen LogP contribution in [0.5, 0.6) is 0 Å². The van der Waals surface area contributed by atoms with Crippen LogP contribution in [-0.2, 0) is 0 Å². The molecule has 1 N–H and O–H groups in total. The number of anilines is 1. The van der Waals surface area contributed by atoms with Crippen LogP contribution in [0.25, 0.3) is 0 Å². The topological polar surface area (TPSA) is 37.8 Å². The Hall–Kier alpha value is -1.19. The van der Waals surface area contributed by atoms with E-state index in [1.807, 2.05) is 0 Å². The van der Waals surface area contributed by atoms with Crippen LogP contribution in [0.3, 0.4) is 0 Å². The summed E-state index contributed by atoms with van der Waals surface area (Å²) in [5.41, 5.74) is 0.396. The molecule has 0 saturated heterocycles.